The number of nitrogens with two attached hydrogens (primary N) is 1. The van der Waals surface area contributed by atoms with E-state index in [1.807, 2.05) is 23.9 Å². The van der Waals surface area contributed by atoms with E-state index in [0.29, 0.717) is 18.0 Å². The molecule has 0 fully saturated rings. The van der Waals surface area contributed by atoms with Gasteiger partial charge in [0.1, 0.15) is 0 Å². The van der Waals surface area contributed by atoms with Crippen molar-refractivity contribution in [1.29, 1.82) is 0 Å². The lowest BCUT2D eigenvalue weighted by Crippen LogP contribution is -2.24. The lowest BCUT2D eigenvalue weighted by Gasteiger charge is -2.07. The number of nitrogens with one attached hydrogen (secondary N) is 1. The van der Waals surface area contributed by atoms with Crippen LogP contribution in [0.15, 0.2) is 29.2 Å². The van der Waals surface area contributed by atoms with Crippen LogP contribution in [0, 0.1) is 0 Å². The number of unbranched alkanes of at least 4 members (excludes halogenated alkanes) is 2. The molecule has 0 amide bonds. The van der Waals surface area contributed by atoms with Crippen LogP contribution < -0.4 is 10.5 Å². The molecule has 120 valence electrons. The number of aryl methyl sites for hydroxylation is 1. The first kappa shape index (κ1) is 18.5. The van der Waals surface area contributed by atoms with Gasteiger partial charge >= 0.3 is 0 Å². The fraction of sp³-hybridized carbons (Fsp3) is 0.600. The molecule has 6 heteroatoms. The van der Waals surface area contributed by atoms with Gasteiger partial charge in [-0.2, -0.15) is 11.8 Å². The zero-order valence-electron chi connectivity index (χ0n) is 12.7. The topological polar surface area (TPSA) is 72.2 Å². The lowest BCUT2D eigenvalue weighted by molar-refractivity contribution is 0.576. The quantitative estimate of drug-likeness (QED) is 0.611. The van der Waals surface area contributed by atoms with Crippen LogP contribution in [0.3, 0.4) is 0 Å². The molecule has 4 nitrogen and oxygen atoms in total. The summed E-state index contributed by atoms with van der Waals surface area (Å²) in [7, 11) is -3.37. The minimum Gasteiger partial charge on any atom is -0.330 e. The van der Waals surface area contributed by atoms with Crippen molar-refractivity contribution in [1.82, 2.24) is 4.72 Å². The number of hydrogen-bond acceptors (Lipinski definition) is 4. The summed E-state index contributed by atoms with van der Waals surface area (Å²) in [5.41, 5.74) is 6.59. The Morgan fingerprint density at radius 3 is 2.43 bits per heavy atom. The molecule has 1 aromatic carbocycles. The third-order valence-electron chi connectivity index (χ3n) is 3.22. The summed E-state index contributed by atoms with van der Waals surface area (Å²) < 4.78 is 26.9. The maximum Gasteiger partial charge on any atom is 0.240 e. The molecule has 0 atom stereocenters. The van der Waals surface area contributed by atoms with Gasteiger partial charge in [0.2, 0.25) is 10.0 Å². The second-order valence-electron chi connectivity index (χ2n) is 4.99. The SMILES string of the molecule is CSCCCCCNS(=O)(=O)c1ccc(CCCN)cc1. The van der Waals surface area contributed by atoms with Crippen molar-refractivity contribution in [2.24, 2.45) is 5.73 Å². The first-order valence-electron chi connectivity index (χ1n) is 7.38. The highest BCUT2D eigenvalue weighted by Gasteiger charge is 2.12. The summed E-state index contributed by atoms with van der Waals surface area (Å²) in [4.78, 5) is 0.336. The highest BCUT2D eigenvalue weighted by molar-refractivity contribution is 7.98. The molecule has 0 aromatic heterocycles. The summed E-state index contributed by atoms with van der Waals surface area (Å²) in [6.45, 7) is 1.16. The number of hydrogen-bond donors (Lipinski definition) is 2. The molecule has 3 N–H and O–H groups in total. The lowest BCUT2D eigenvalue weighted by atomic mass is 10.1. The van der Waals surface area contributed by atoms with Gasteiger partial charge in [-0.3, -0.25) is 0 Å². The summed E-state index contributed by atoms with van der Waals surface area (Å²) >= 11 is 1.82. The monoisotopic (exact) mass is 330 g/mol. The molecule has 0 bridgehead atoms. The Hall–Kier alpha value is -0.560. The van der Waals surface area contributed by atoms with Crippen LogP contribution in [0.1, 0.15) is 31.2 Å². The molecule has 0 spiro atoms. The van der Waals surface area contributed by atoms with Gasteiger partial charge in [-0.05, 0) is 61.9 Å². The van der Waals surface area contributed by atoms with Crippen LogP contribution in [0.4, 0.5) is 0 Å². The normalized spacial score (nSPS) is 11.7. The Morgan fingerprint density at radius 2 is 1.81 bits per heavy atom. The average Bonchev–Trinajstić information content (AvgIpc) is 2.49. The molecule has 0 saturated carbocycles. The van der Waals surface area contributed by atoms with E-state index in [9.17, 15) is 8.42 Å². The Bertz CT molecular complexity index is 487. The molecule has 0 heterocycles. The fourth-order valence-electron chi connectivity index (χ4n) is 1.98. The second kappa shape index (κ2) is 10.2. The third kappa shape index (κ3) is 7.31. The van der Waals surface area contributed by atoms with E-state index >= 15 is 0 Å². The van der Waals surface area contributed by atoms with Gasteiger partial charge in [-0.1, -0.05) is 18.6 Å². The van der Waals surface area contributed by atoms with Gasteiger partial charge < -0.3 is 5.73 Å². The highest BCUT2D eigenvalue weighted by atomic mass is 32.2. The summed E-state index contributed by atoms with van der Waals surface area (Å²) in [6, 6.07) is 7.06. The van der Waals surface area contributed by atoms with Gasteiger partial charge in [0.05, 0.1) is 4.90 Å². The van der Waals surface area contributed by atoms with Crippen molar-refractivity contribution in [3.63, 3.8) is 0 Å². The van der Waals surface area contributed by atoms with Crippen LogP contribution in [0.25, 0.3) is 0 Å². The number of thioether (sulfide) groups is 1. The zero-order valence-corrected chi connectivity index (χ0v) is 14.3. The van der Waals surface area contributed by atoms with Crippen molar-refractivity contribution in [3.05, 3.63) is 29.8 Å². The van der Waals surface area contributed by atoms with Gasteiger partial charge in [-0.25, -0.2) is 13.1 Å². The van der Waals surface area contributed by atoms with Crippen LogP contribution in [0.2, 0.25) is 0 Å². The van der Waals surface area contributed by atoms with Crippen LogP contribution >= 0.6 is 11.8 Å². The summed E-state index contributed by atoms with van der Waals surface area (Å²) in [5, 5.41) is 0. The standard InChI is InChI=1S/C15H26N2O2S2/c1-20-13-4-2-3-12-17-21(18,19)15-9-7-14(8-10-15)6-5-11-16/h7-10,17H,2-6,11-13,16H2,1H3. The number of benzene rings is 1. The molecule has 0 aliphatic carbocycles. The summed E-state index contributed by atoms with van der Waals surface area (Å²) in [6.07, 6.45) is 6.97. The molecule has 0 unspecified atom stereocenters. The minimum absolute atomic E-state index is 0.336. The number of rotatable bonds is 11. The molecule has 1 aromatic rings. The van der Waals surface area contributed by atoms with E-state index in [0.717, 1.165) is 43.4 Å². The van der Waals surface area contributed by atoms with Crippen molar-refractivity contribution in [3.8, 4) is 0 Å². The first-order chi connectivity index (χ1) is 10.1. The molecule has 0 radical (unpaired) electrons. The zero-order chi connectivity index (χ0) is 15.6. The van der Waals surface area contributed by atoms with E-state index < -0.39 is 10.0 Å². The van der Waals surface area contributed by atoms with E-state index in [2.05, 4.69) is 11.0 Å². The predicted molar refractivity (Wildman–Crippen MR) is 91.2 cm³/mol. The Morgan fingerprint density at radius 1 is 1.10 bits per heavy atom. The molecule has 0 aliphatic heterocycles. The Balaban J connectivity index is 2.42. The van der Waals surface area contributed by atoms with Gasteiger partial charge in [0, 0.05) is 6.54 Å². The number of sulfonamides is 1. The van der Waals surface area contributed by atoms with Crippen LogP contribution in [-0.4, -0.2) is 33.5 Å². The van der Waals surface area contributed by atoms with Crippen LogP contribution in [-0.2, 0) is 16.4 Å². The van der Waals surface area contributed by atoms with Crippen molar-refractivity contribution < 1.29 is 8.42 Å². The third-order valence-corrected chi connectivity index (χ3v) is 5.39. The van der Waals surface area contributed by atoms with E-state index in [4.69, 9.17) is 5.73 Å². The maximum atomic E-state index is 12.1. The molecule has 0 aliphatic rings. The molecule has 21 heavy (non-hydrogen) atoms. The van der Waals surface area contributed by atoms with E-state index in [-0.39, 0.29) is 0 Å². The second-order valence-corrected chi connectivity index (χ2v) is 7.74. The molecule has 0 saturated heterocycles. The maximum absolute atomic E-state index is 12.1. The van der Waals surface area contributed by atoms with Gasteiger partial charge in [0.15, 0.2) is 0 Å². The predicted octanol–water partition coefficient (Wildman–Crippen LogP) is 2.39. The van der Waals surface area contributed by atoms with Gasteiger partial charge in [0.25, 0.3) is 0 Å². The molecular weight excluding hydrogens is 304 g/mol. The highest BCUT2D eigenvalue weighted by Crippen LogP contribution is 2.12. The van der Waals surface area contributed by atoms with Gasteiger partial charge in [-0.15, -0.1) is 0 Å². The van der Waals surface area contributed by atoms with E-state index in [1.54, 1.807) is 12.1 Å². The molecular formula is C15H26N2O2S2. The Kier molecular flexibility index (Phi) is 8.99. The largest absolute Gasteiger partial charge is 0.330 e. The van der Waals surface area contributed by atoms with Crippen molar-refractivity contribution in [2.45, 2.75) is 37.0 Å². The Labute approximate surface area is 132 Å². The fourth-order valence-corrected chi connectivity index (χ4v) is 3.55. The van der Waals surface area contributed by atoms with Crippen LogP contribution in [0.5, 0.6) is 0 Å². The average molecular weight is 331 g/mol. The smallest absolute Gasteiger partial charge is 0.240 e. The first-order valence-corrected chi connectivity index (χ1v) is 10.3. The van der Waals surface area contributed by atoms with Crippen molar-refractivity contribution in [2.75, 3.05) is 25.1 Å². The molecule has 1 rings (SSSR count). The minimum atomic E-state index is -3.37. The summed E-state index contributed by atoms with van der Waals surface area (Å²) in [5.74, 6) is 1.14. The van der Waals surface area contributed by atoms with E-state index in [1.165, 1.54) is 0 Å². The van der Waals surface area contributed by atoms with Crippen molar-refractivity contribution >= 4 is 21.8 Å².